The average molecular weight is 146 g/mol. The van der Waals surface area contributed by atoms with Crippen molar-refractivity contribution in [1.82, 2.24) is 0 Å². The van der Waals surface area contributed by atoms with Gasteiger partial charge in [-0.2, -0.15) is 11.8 Å². The molecule has 0 N–H and O–H groups in total. The summed E-state index contributed by atoms with van der Waals surface area (Å²) in [4.78, 5) is 0. The van der Waals surface area contributed by atoms with E-state index in [-0.39, 0.29) is 0 Å². The summed E-state index contributed by atoms with van der Waals surface area (Å²) in [6.45, 7) is 9.13. The molecule has 0 saturated carbocycles. The fourth-order valence-electron chi connectivity index (χ4n) is 0.496. The Morgan fingerprint density at radius 1 is 1.22 bits per heavy atom. The molecule has 0 rings (SSSR count). The first-order chi connectivity index (χ1) is 4.18. The summed E-state index contributed by atoms with van der Waals surface area (Å²) in [5, 5.41) is 0. The minimum Gasteiger partial charge on any atom is -0.162 e. The zero-order valence-corrected chi connectivity index (χ0v) is 7.79. The second-order valence-electron chi connectivity index (χ2n) is 2.88. The third kappa shape index (κ3) is 4.83. The monoisotopic (exact) mass is 146 g/mol. The summed E-state index contributed by atoms with van der Waals surface area (Å²) in [5.74, 6) is 4.32. The highest BCUT2D eigenvalue weighted by atomic mass is 32.2. The second-order valence-corrected chi connectivity index (χ2v) is 4.20. The van der Waals surface area contributed by atoms with Crippen molar-refractivity contribution in [3.63, 3.8) is 0 Å². The van der Waals surface area contributed by atoms with Gasteiger partial charge in [0.25, 0.3) is 0 Å². The molecule has 0 bridgehead atoms. The molecule has 0 aliphatic heterocycles. The molecule has 0 heterocycles. The molecule has 0 aliphatic carbocycles. The summed E-state index contributed by atoms with van der Waals surface area (Å²) in [7, 11) is 0. The van der Waals surface area contributed by atoms with Gasteiger partial charge in [-0.05, 0) is 23.3 Å². The summed E-state index contributed by atoms with van der Waals surface area (Å²) < 4.78 is 0. The lowest BCUT2D eigenvalue weighted by Gasteiger charge is -2.13. The maximum atomic E-state index is 2.33. The molecule has 0 nitrogen and oxygen atoms in total. The van der Waals surface area contributed by atoms with Crippen molar-refractivity contribution in [1.29, 1.82) is 0 Å². The summed E-state index contributed by atoms with van der Waals surface area (Å²) in [6, 6.07) is 0. The van der Waals surface area contributed by atoms with Gasteiger partial charge in [0.1, 0.15) is 0 Å². The summed E-state index contributed by atoms with van der Waals surface area (Å²) in [6.07, 6.45) is 0. The summed E-state index contributed by atoms with van der Waals surface area (Å²) >= 11 is 2.04. The van der Waals surface area contributed by atoms with E-state index in [2.05, 4.69) is 27.7 Å². The minimum atomic E-state index is 0.851. The highest BCUT2D eigenvalue weighted by Crippen LogP contribution is 2.15. The van der Waals surface area contributed by atoms with E-state index in [0.717, 1.165) is 11.8 Å². The Balaban J connectivity index is 3.16. The van der Waals surface area contributed by atoms with Gasteiger partial charge in [0, 0.05) is 0 Å². The van der Waals surface area contributed by atoms with Crippen molar-refractivity contribution in [2.75, 3.05) is 11.5 Å². The van der Waals surface area contributed by atoms with Crippen LogP contribution < -0.4 is 0 Å². The first kappa shape index (κ1) is 9.35. The van der Waals surface area contributed by atoms with Crippen LogP contribution in [0.5, 0.6) is 0 Å². The molecule has 0 radical (unpaired) electrons. The molecular weight excluding hydrogens is 128 g/mol. The number of hydrogen-bond acceptors (Lipinski definition) is 1. The molecule has 0 aromatic rings. The van der Waals surface area contributed by atoms with Crippen LogP contribution in [0.1, 0.15) is 27.7 Å². The van der Waals surface area contributed by atoms with Gasteiger partial charge >= 0.3 is 0 Å². The van der Waals surface area contributed by atoms with E-state index in [4.69, 9.17) is 0 Å². The van der Waals surface area contributed by atoms with Crippen molar-refractivity contribution < 1.29 is 0 Å². The Bertz CT molecular complexity index is 59.6. The third-order valence-corrected chi connectivity index (χ3v) is 2.89. The molecule has 0 aromatic carbocycles. The van der Waals surface area contributed by atoms with Gasteiger partial charge in [0.05, 0.1) is 0 Å². The first-order valence-corrected chi connectivity index (χ1v) is 4.91. The lowest BCUT2D eigenvalue weighted by atomic mass is 10.0. The van der Waals surface area contributed by atoms with E-state index in [1.54, 1.807) is 0 Å². The number of rotatable bonds is 4. The second kappa shape index (κ2) is 5.16. The minimum absolute atomic E-state index is 0.851. The standard InChI is InChI=1S/C8H18S/c1-5-9-6-8(4)7(2)3/h7-8H,5-6H2,1-4H3. The van der Waals surface area contributed by atoms with E-state index in [0.29, 0.717) is 0 Å². The van der Waals surface area contributed by atoms with Gasteiger partial charge in [-0.3, -0.25) is 0 Å². The molecule has 1 heteroatoms. The first-order valence-electron chi connectivity index (χ1n) is 3.76. The number of thioether (sulfide) groups is 1. The van der Waals surface area contributed by atoms with Crippen molar-refractivity contribution in [3.05, 3.63) is 0 Å². The Morgan fingerprint density at radius 3 is 2.11 bits per heavy atom. The molecule has 9 heavy (non-hydrogen) atoms. The van der Waals surface area contributed by atoms with Crippen molar-refractivity contribution in [2.45, 2.75) is 27.7 Å². The molecule has 0 spiro atoms. The van der Waals surface area contributed by atoms with Crippen LogP contribution in [0.2, 0.25) is 0 Å². The van der Waals surface area contributed by atoms with Gasteiger partial charge < -0.3 is 0 Å². The van der Waals surface area contributed by atoms with Crippen molar-refractivity contribution in [3.8, 4) is 0 Å². The molecule has 0 amide bonds. The van der Waals surface area contributed by atoms with Gasteiger partial charge in [-0.15, -0.1) is 0 Å². The lowest BCUT2D eigenvalue weighted by Crippen LogP contribution is -2.06. The van der Waals surface area contributed by atoms with E-state index in [1.165, 1.54) is 11.5 Å². The quantitative estimate of drug-likeness (QED) is 0.587. The van der Waals surface area contributed by atoms with Crippen LogP contribution >= 0.6 is 11.8 Å². The predicted octanol–water partition coefficient (Wildman–Crippen LogP) is 3.03. The lowest BCUT2D eigenvalue weighted by molar-refractivity contribution is 0.465. The van der Waals surface area contributed by atoms with Crippen LogP contribution in [0.4, 0.5) is 0 Å². The fourth-order valence-corrected chi connectivity index (χ4v) is 1.49. The smallest absolute Gasteiger partial charge is 0.00394 e. The molecule has 1 unspecified atom stereocenters. The van der Waals surface area contributed by atoms with Crippen LogP contribution in [0, 0.1) is 11.8 Å². The SMILES string of the molecule is CCSCC(C)C(C)C. The van der Waals surface area contributed by atoms with E-state index >= 15 is 0 Å². The molecule has 0 aliphatic rings. The van der Waals surface area contributed by atoms with Crippen molar-refractivity contribution in [2.24, 2.45) is 11.8 Å². The Kier molecular flexibility index (Phi) is 5.36. The van der Waals surface area contributed by atoms with Crippen LogP contribution in [-0.2, 0) is 0 Å². The van der Waals surface area contributed by atoms with Crippen LogP contribution in [0.25, 0.3) is 0 Å². The normalized spacial score (nSPS) is 14.3. The van der Waals surface area contributed by atoms with E-state index in [1.807, 2.05) is 11.8 Å². The molecule has 0 aromatic heterocycles. The van der Waals surface area contributed by atoms with Crippen molar-refractivity contribution >= 4 is 11.8 Å². The van der Waals surface area contributed by atoms with Gasteiger partial charge in [0.15, 0.2) is 0 Å². The molecular formula is C8H18S. The van der Waals surface area contributed by atoms with E-state index in [9.17, 15) is 0 Å². The zero-order chi connectivity index (χ0) is 7.28. The maximum absolute atomic E-state index is 2.33. The summed E-state index contributed by atoms with van der Waals surface area (Å²) in [5.41, 5.74) is 0. The van der Waals surface area contributed by atoms with Gasteiger partial charge in [-0.25, -0.2) is 0 Å². The maximum Gasteiger partial charge on any atom is -0.00394 e. The molecule has 0 saturated heterocycles. The highest BCUT2D eigenvalue weighted by Gasteiger charge is 2.04. The topological polar surface area (TPSA) is 0 Å². The highest BCUT2D eigenvalue weighted by molar-refractivity contribution is 7.99. The van der Waals surface area contributed by atoms with Crippen LogP contribution in [-0.4, -0.2) is 11.5 Å². The fraction of sp³-hybridized carbons (Fsp3) is 1.00. The molecule has 0 fully saturated rings. The van der Waals surface area contributed by atoms with Gasteiger partial charge in [0.2, 0.25) is 0 Å². The van der Waals surface area contributed by atoms with E-state index < -0.39 is 0 Å². The third-order valence-electron chi connectivity index (χ3n) is 1.72. The largest absolute Gasteiger partial charge is 0.162 e. The van der Waals surface area contributed by atoms with Gasteiger partial charge in [-0.1, -0.05) is 27.7 Å². The molecule has 56 valence electrons. The Hall–Kier alpha value is 0.350. The Morgan fingerprint density at radius 2 is 1.78 bits per heavy atom. The Labute approximate surface area is 63.4 Å². The average Bonchev–Trinajstić information content (AvgIpc) is 1.82. The molecule has 1 atom stereocenters. The zero-order valence-electron chi connectivity index (χ0n) is 6.98. The predicted molar refractivity (Wildman–Crippen MR) is 47.0 cm³/mol. The van der Waals surface area contributed by atoms with Crippen LogP contribution in [0.3, 0.4) is 0 Å². The number of hydrogen-bond donors (Lipinski definition) is 0. The van der Waals surface area contributed by atoms with Crippen LogP contribution in [0.15, 0.2) is 0 Å².